The molecule has 2 rings (SSSR count). The van der Waals surface area contributed by atoms with E-state index in [2.05, 4.69) is 70.7 Å². The summed E-state index contributed by atoms with van der Waals surface area (Å²) in [4.78, 5) is 0. The van der Waals surface area contributed by atoms with Crippen molar-refractivity contribution in [3.63, 3.8) is 0 Å². The molecular formula is C17H19BrINO. The molecule has 2 aromatic carbocycles. The first-order chi connectivity index (χ1) is 9.85. The second-order valence-electron chi connectivity index (χ2n) is 5.89. The van der Waals surface area contributed by atoms with Crippen molar-refractivity contribution in [2.75, 3.05) is 0 Å². The molecule has 0 atom stereocenters. The summed E-state index contributed by atoms with van der Waals surface area (Å²) in [5, 5.41) is 3.49. The molecule has 4 heteroatoms. The largest absolute Gasteiger partial charge is 0.456 e. The molecule has 21 heavy (non-hydrogen) atoms. The highest BCUT2D eigenvalue weighted by molar-refractivity contribution is 14.1. The molecular weight excluding hydrogens is 441 g/mol. The van der Waals surface area contributed by atoms with Crippen molar-refractivity contribution >= 4 is 38.5 Å². The number of hydrogen-bond donors (Lipinski definition) is 1. The molecule has 0 spiro atoms. The lowest BCUT2D eigenvalue weighted by Crippen LogP contribution is -2.35. The standard InChI is InChI=1S/C17H19BrINO/c1-17(2,3)20-11-12-8-9-13(10-14(12)18)21-16-7-5-4-6-15(16)19/h4-10,20H,11H2,1-3H3. The number of nitrogens with one attached hydrogen (secondary N) is 1. The maximum Gasteiger partial charge on any atom is 0.140 e. The Morgan fingerprint density at radius 2 is 1.86 bits per heavy atom. The predicted octanol–water partition coefficient (Wildman–Crippen LogP) is 5.73. The lowest BCUT2D eigenvalue weighted by atomic mass is 10.1. The van der Waals surface area contributed by atoms with Crippen LogP contribution in [0.4, 0.5) is 0 Å². The number of halogens is 2. The van der Waals surface area contributed by atoms with E-state index in [1.54, 1.807) is 0 Å². The first-order valence-corrected chi connectivity index (χ1v) is 8.68. The van der Waals surface area contributed by atoms with E-state index in [0.29, 0.717) is 0 Å². The normalized spacial score (nSPS) is 11.5. The van der Waals surface area contributed by atoms with Gasteiger partial charge in [-0.05, 0) is 73.2 Å². The molecule has 0 heterocycles. The second kappa shape index (κ2) is 7.11. The summed E-state index contributed by atoms with van der Waals surface area (Å²) in [6.45, 7) is 7.31. The number of hydrogen-bond acceptors (Lipinski definition) is 2. The number of para-hydroxylation sites is 1. The van der Waals surface area contributed by atoms with Crippen molar-refractivity contribution in [3.05, 3.63) is 56.1 Å². The summed E-state index contributed by atoms with van der Waals surface area (Å²) in [7, 11) is 0. The Morgan fingerprint density at radius 3 is 2.48 bits per heavy atom. The molecule has 0 unspecified atom stereocenters. The van der Waals surface area contributed by atoms with Crippen LogP contribution in [0.1, 0.15) is 26.3 Å². The monoisotopic (exact) mass is 459 g/mol. The minimum atomic E-state index is 0.106. The molecule has 1 N–H and O–H groups in total. The molecule has 0 radical (unpaired) electrons. The molecule has 0 aromatic heterocycles. The van der Waals surface area contributed by atoms with Crippen molar-refractivity contribution in [2.24, 2.45) is 0 Å². The fraction of sp³-hybridized carbons (Fsp3) is 0.294. The van der Waals surface area contributed by atoms with Crippen molar-refractivity contribution in [1.29, 1.82) is 0 Å². The second-order valence-corrected chi connectivity index (χ2v) is 7.91. The predicted molar refractivity (Wildman–Crippen MR) is 100.0 cm³/mol. The molecule has 0 aliphatic heterocycles. The lowest BCUT2D eigenvalue weighted by molar-refractivity contribution is 0.423. The highest BCUT2D eigenvalue weighted by Crippen LogP contribution is 2.29. The number of rotatable bonds is 4. The van der Waals surface area contributed by atoms with E-state index in [4.69, 9.17) is 4.74 Å². The van der Waals surface area contributed by atoms with E-state index in [9.17, 15) is 0 Å². The molecule has 0 fully saturated rings. The van der Waals surface area contributed by atoms with E-state index < -0.39 is 0 Å². The molecule has 0 bridgehead atoms. The van der Waals surface area contributed by atoms with E-state index in [1.807, 2.05) is 36.4 Å². The molecule has 0 aliphatic rings. The van der Waals surface area contributed by atoms with E-state index in [-0.39, 0.29) is 5.54 Å². The quantitative estimate of drug-likeness (QED) is 0.589. The van der Waals surface area contributed by atoms with Gasteiger partial charge in [-0.3, -0.25) is 0 Å². The summed E-state index contributed by atoms with van der Waals surface area (Å²) < 4.78 is 8.09. The average Bonchev–Trinajstić information content (AvgIpc) is 2.39. The summed E-state index contributed by atoms with van der Waals surface area (Å²) in [5.74, 6) is 1.72. The van der Waals surface area contributed by atoms with Gasteiger partial charge in [-0.25, -0.2) is 0 Å². The van der Waals surface area contributed by atoms with E-state index >= 15 is 0 Å². The topological polar surface area (TPSA) is 21.3 Å². The zero-order valence-electron chi connectivity index (χ0n) is 12.4. The maximum atomic E-state index is 5.93. The minimum absolute atomic E-state index is 0.106. The number of ether oxygens (including phenoxy) is 1. The van der Waals surface area contributed by atoms with E-state index in [1.165, 1.54) is 5.56 Å². The third kappa shape index (κ3) is 5.27. The van der Waals surface area contributed by atoms with Crippen LogP contribution in [0.15, 0.2) is 46.9 Å². The minimum Gasteiger partial charge on any atom is -0.456 e. The Bertz CT molecular complexity index is 622. The molecule has 2 aromatic rings. The van der Waals surface area contributed by atoms with Crippen LogP contribution in [0.3, 0.4) is 0 Å². The van der Waals surface area contributed by atoms with Crippen molar-refractivity contribution in [3.8, 4) is 11.5 Å². The van der Waals surface area contributed by atoms with Gasteiger partial charge in [0, 0.05) is 16.6 Å². The van der Waals surface area contributed by atoms with Crippen LogP contribution < -0.4 is 10.1 Å². The molecule has 0 aliphatic carbocycles. The first-order valence-electron chi connectivity index (χ1n) is 6.81. The highest BCUT2D eigenvalue weighted by Gasteiger charge is 2.10. The Morgan fingerprint density at radius 1 is 1.14 bits per heavy atom. The van der Waals surface area contributed by atoms with Crippen LogP contribution in [0.5, 0.6) is 11.5 Å². The smallest absolute Gasteiger partial charge is 0.140 e. The highest BCUT2D eigenvalue weighted by atomic mass is 127. The molecule has 112 valence electrons. The van der Waals surface area contributed by atoms with E-state index in [0.717, 1.165) is 26.1 Å². The maximum absolute atomic E-state index is 5.93. The van der Waals surface area contributed by atoms with Gasteiger partial charge in [-0.15, -0.1) is 0 Å². The summed E-state index contributed by atoms with van der Waals surface area (Å²) >= 11 is 5.90. The molecule has 0 amide bonds. The zero-order chi connectivity index (χ0) is 15.5. The molecule has 0 saturated carbocycles. The number of benzene rings is 2. The Hall–Kier alpha value is -0.590. The summed E-state index contributed by atoms with van der Waals surface area (Å²) in [6.07, 6.45) is 0. The van der Waals surface area contributed by atoms with Gasteiger partial charge in [0.05, 0.1) is 3.57 Å². The Kier molecular flexibility index (Phi) is 5.68. The van der Waals surface area contributed by atoms with Gasteiger partial charge in [-0.1, -0.05) is 34.1 Å². The van der Waals surface area contributed by atoms with Gasteiger partial charge in [0.1, 0.15) is 11.5 Å². The molecule has 2 nitrogen and oxygen atoms in total. The van der Waals surface area contributed by atoms with Gasteiger partial charge in [-0.2, -0.15) is 0 Å². The molecule has 0 saturated heterocycles. The fourth-order valence-corrected chi connectivity index (χ4v) is 2.75. The van der Waals surface area contributed by atoms with Crippen LogP contribution in [0.25, 0.3) is 0 Å². The van der Waals surface area contributed by atoms with Crippen molar-refractivity contribution < 1.29 is 4.74 Å². The van der Waals surface area contributed by atoms with Crippen molar-refractivity contribution in [1.82, 2.24) is 5.32 Å². The van der Waals surface area contributed by atoms with Gasteiger partial charge in [0.2, 0.25) is 0 Å². The third-order valence-corrected chi connectivity index (χ3v) is 4.53. The van der Waals surface area contributed by atoms with Gasteiger partial charge < -0.3 is 10.1 Å². The van der Waals surface area contributed by atoms with Crippen LogP contribution in [-0.4, -0.2) is 5.54 Å². The first kappa shape index (κ1) is 16.8. The zero-order valence-corrected chi connectivity index (χ0v) is 16.2. The van der Waals surface area contributed by atoms with Gasteiger partial charge in [0.25, 0.3) is 0 Å². The lowest BCUT2D eigenvalue weighted by Gasteiger charge is -2.21. The van der Waals surface area contributed by atoms with Gasteiger partial charge in [0.15, 0.2) is 0 Å². The Balaban J connectivity index is 2.10. The van der Waals surface area contributed by atoms with Crippen molar-refractivity contribution in [2.45, 2.75) is 32.9 Å². The average molecular weight is 460 g/mol. The third-order valence-electron chi connectivity index (χ3n) is 2.90. The van der Waals surface area contributed by atoms with Crippen LogP contribution in [0.2, 0.25) is 0 Å². The van der Waals surface area contributed by atoms with Crippen LogP contribution >= 0.6 is 38.5 Å². The summed E-state index contributed by atoms with van der Waals surface area (Å²) in [6, 6.07) is 14.1. The Labute approximate surface area is 148 Å². The summed E-state index contributed by atoms with van der Waals surface area (Å²) in [5.41, 5.74) is 1.33. The van der Waals surface area contributed by atoms with Gasteiger partial charge >= 0.3 is 0 Å². The fourth-order valence-electron chi connectivity index (χ4n) is 1.75. The SMILES string of the molecule is CC(C)(C)NCc1ccc(Oc2ccccc2I)cc1Br. The van der Waals surface area contributed by atoms with Crippen LogP contribution in [0, 0.1) is 3.57 Å². The van der Waals surface area contributed by atoms with Crippen LogP contribution in [-0.2, 0) is 6.54 Å².